The van der Waals surface area contributed by atoms with Crippen molar-refractivity contribution in [2.45, 2.75) is 6.42 Å². The summed E-state index contributed by atoms with van der Waals surface area (Å²) in [7, 11) is 0. The molecule has 0 unspecified atom stereocenters. The maximum absolute atomic E-state index is 10.2. The molecule has 0 saturated carbocycles. The molecule has 1 rings (SSSR count). The van der Waals surface area contributed by atoms with E-state index in [-0.39, 0.29) is 6.42 Å². The van der Waals surface area contributed by atoms with Gasteiger partial charge in [-0.05, 0) is 17.2 Å². The van der Waals surface area contributed by atoms with Crippen LogP contribution in [0.5, 0.6) is 0 Å². The average molecular weight is 151 g/mol. The van der Waals surface area contributed by atoms with E-state index in [1.807, 2.05) is 0 Å². The number of carboxylic acids is 1. The number of nitrogens with one attached hydrogen (secondary N) is 1. The Labute approximate surface area is 64.4 Å². The van der Waals surface area contributed by atoms with Crippen molar-refractivity contribution >= 4 is 11.5 Å². The predicted octanol–water partition coefficient (Wildman–Crippen LogP) is 1.50. The summed E-state index contributed by atoms with van der Waals surface area (Å²) in [6.45, 7) is 3.64. The Kier molecular flexibility index (Phi) is 2.11. The predicted molar refractivity (Wildman–Crippen MR) is 42.1 cm³/mol. The molecule has 0 aliphatic rings. The quantitative estimate of drug-likeness (QED) is 0.687. The van der Waals surface area contributed by atoms with Gasteiger partial charge in [0, 0.05) is 12.4 Å². The number of hydrogen-bond donors (Lipinski definition) is 2. The second-order valence-corrected chi connectivity index (χ2v) is 2.27. The number of H-pyrrole nitrogens is 1. The summed E-state index contributed by atoms with van der Waals surface area (Å²) in [6, 6.07) is 1.80. The van der Waals surface area contributed by atoms with Gasteiger partial charge in [-0.1, -0.05) is 6.58 Å². The lowest BCUT2D eigenvalue weighted by atomic mass is 10.1. The van der Waals surface area contributed by atoms with Gasteiger partial charge in [0.05, 0.1) is 6.42 Å². The third-order valence-corrected chi connectivity index (χ3v) is 1.37. The first-order valence-electron chi connectivity index (χ1n) is 3.23. The Morgan fingerprint density at radius 2 is 2.45 bits per heavy atom. The number of aliphatic carboxylic acids is 1. The van der Waals surface area contributed by atoms with Crippen molar-refractivity contribution in [2.75, 3.05) is 0 Å². The lowest BCUT2D eigenvalue weighted by Gasteiger charge is -1.96. The highest BCUT2D eigenvalue weighted by molar-refractivity contribution is 5.82. The Balaban J connectivity index is 2.64. The van der Waals surface area contributed by atoms with Crippen molar-refractivity contribution in [1.29, 1.82) is 0 Å². The molecule has 1 aromatic rings. The van der Waals surface area contributed by atoms with Crippen molar-refractivity contribution in [1.82, 2.24) is 4.98 Å². The first kappa shape index (κ1) is 7.60. The van der Waals surface area contributed by atoms with E-state index in [1.54, 1.807) is 18.5 Å². The van der Waals surface area contributed by atoms with E-state index in [4.69, 9.17) is 5.11 Å². The summed E-state index contributed by atoms with van der Waals surface area (Å²) < 4.78 is 0. The van der Waals surface area contributed by atoms with Crippen LogP contribution in [0.1, 0.15) is 12.0 Å². The highest BCUT2D eigenvalue weighted by Gasteiger charge is 2.03. The smallest absolute Gasteiger partial charge is 0.307 e. The largest absolute Gasteiger partial charge is 0.481 e. The van der Waals surface area contributed by atoms with E-state index in [2.05, 4.69) is 11.6 Å². The van der Waals surface area contributed by atoms with Gasteiger partial charge in [0.2, 0.25) is 0 Å². The summed E-state index contributed by atoms with van der Waals surface area (Å²) in [5.41, 5.74) is 1.48. The Hall–Kier alpha value is -1.51. The first-order chi connectivity index (χ1) is 5.20. The zero-order valence-corrected chi connectivity index (χ0v) is 6.00. The molecule has 11 heavy (non-hydrogen) atoms. The topological polar surface area (TPSA) is 53.1 Å². The minimum Gasteiger partial charge on any atom is -0.481 e. The van der Waals surface area contributed by atoms with Gasteiger partial charge in [0.25, 0.3) is 0 Å². The van der Waals surface area contributed by atoms with E-state index in [9.17, 15) is 4.79 Å². The molecular formula is C8H9NO2. The molecule has 0 spiro atoms. The van der Waals surface area contributed by atoms with Crippen LogP contribution in [0.25, 0.3) is 5.57 Å². The molecule has 0 bridgehead atoms. The van der Waals surface area contributed by atoms with Crippen LogP contribution in [-0.2, 0) is 4.79 Å². The second-order valence-electron chi connectivity index (χ2n) is 2.27. The highest BCUT2D eigenvalue weighted by Crippen LogP contribution is 2.14. The fourth-order valence-electron chi connectivity index (χ4n) is 0.828. The molecule has 0 aliphatic heterocycles. The average Bonchev–Trinajstić information content (AvgIpc) is 2.35. The number of aromatic amines is 1. The van der Waals surface area contributed by atoms with Crippen molar-refractivity contribution in [3.05, 3.63) is 30.6 Å². The van der Waals surface area contributed by atoms with Crippen LogP contribution < -0.4 is 0 Å². The van der Waals surface area contributed by atoms with Crippen LogP contribution in [0.15, 0.2) is 25.0 Å². The number of carbonyl (C=O) groups is 1. The van der Waals surface area contributed by atoms with Crippen molar-refractivity contribution in [2.24, 2.45) is 0 Å². The standard InChI is InChI=1S/C8H9NO2/c1-6(4-8(10)11)7-2-3-9-5-7/h2-3,5,9H,1,4H2,(H,10,11). The van der Waals surface area contributed by atoms with Crippen molar-refractivity contribution in [3.63, 3.8) is 0 Å². The van der Waals surface area contributed by atoms with Crippen LogP contribution >= 0.6 is 0 Å². The monoisotopic (exact) mass is 151 g/mol. The number of hydrogen-bond acceptors (Lipinski definition) is 1. The molecule has 0 amide bonds. The first-order valence-corrected chi connectivity index (χ1v) is 3.23. The van der Waals surface area contributed by atoms with Gasteiger partial charge in [-0.25, -0.2) is 0 Å². The molecule has 0 aromatic carbocycles. The summed E-state index contributed by atoms with van der Waals surface area (Å²) in [6.07, 6.45) is 3.46. The maximum atomic E-state index is 10.2. The van der Waals surface area contributed by atoms with Gasteiger partial charge >= 0.3 is 5.97 Å². The van der Waals surface area contributed by atoms with E-state index in [1.165, 1.54) is 0 Å². The van der Waals surface area contributed by atoms with E-state index in [0.717, 1.165) is 5.56 Å². The van der Waals surface area contributed by atoms with Crippen molar-refractivity contribution in [3.8, 4) is 0 Å². The fraction of sp³-hybridized carbons (Fsp3) is 0.125. The summed E-state index contributed by atoms with van der Waals surface area (Å²) in [5.74, 6) is -0.851. The van der Waals surface area contributed by atoms with Gasteiger partial charge in [-0.2, -0.15) is 0 Å². The van der Waals surface area contributed by atoms with Gasteiger partial charge in [-0.15, -0.1) is 0 Å². The van der Waals surface area contributed by atoms with Gasteiger partial charge in [0.15, 0.2) is 0 Å². The second kappa shape index (κ2) is 3.05. The fourth-order valence-corrected chi connectivity index (χ4v) is 0.828. The molecule has 0 atom stereocenters. The number of aromatic nitrogens is 1. The van der Waals surface area contributed by atoms with Crippen LogP contribution in [0.3, 0.4) is 0 Å². The van der Waals surface area contributed by atoms with E-state index in [0.29, 0.717) is 5.57 Å². The molecule has 0 radical (unpaired) electrons. The highest BCUT2D eigenvalue weighted by atomic mass is 16.4. The van der Waals surface area contributed by atoms with Crippen LogP contribution in [0.2, 0.25) is 0 Å². The summed E-state index contributed by atoms with van der Waals surface area (Å²) in [4.78, 5) is 13.1. The van der Waals surface area contributed by atoms with Gasteiger partial charge < -0.3 is 10.1 Å². The van der Waals surface area contributed by atoms with Crippen LogP contribution in [-0.4, -0.2) is 16.1 Å². The molecule has 0 saturated heterocycles. The third-order valence-electron chi connectivity index (χ3n) is 1.37. The molecule has 3 heteroatoms. The number of carboxylic acid groups (broad SMARTS) is 1. The molecular weight excluding hydrogens is 142 g/mol. The zero-order chi connectivity index (χ0) is 8.27. The zero-order valence-electron chi connectivity index (χ0n) is 6.00. The van der Waals surface area contributed by atoms with Crippen LogP contribution in [0, 0.1) is 0 Å². The summed E-state index contributed by atoms with van der Waals surface area (Å²) in [5, 5.41) is 8.41. The summed E-state index contributed by atoms with van der Waals surface area (Å²) >= 11 is 0. The molecule has 1 heterocycles. The number of rotatable bonds is 3. The molecule has 1 aromatic heterocycles. The van der Waals surface area contributed by atoms with Crippen LogP contribution in [0.4, 0.5) is 0 Å². The third kappa shape index (κ3) is 1.97. The minimum atomic E-state index is -0.851. The molecule has 3 nitrogen and oxygen atoms in total. The van der Waals surface area contributed by atoms with Gasteiger partial charge in [-0.3, -0.25) is 4.79 Å². The minimum absolute atomic E-state index is 0.00213. The molecule has 0 fully saturated rings. The molecule has 58 valence electrons. The Morgan fingerprint density at radius 1 is 1.73 bits per heavy atom. The lowest BCUT2D eigenvalue weighted by molar-refractivity contribution is -0.135. The molecule has 0 aliphatic carbocycles. The van der Waals surface area contributed by atoms with E-state index < -0.39 is 5.97 Å². The lowest BCUT2D eigenvalue weighted by Crippen LogP contribution is -1.94. The normalized spacial score (nSPS) is 9.45. The SMILES string of the molecule is C=C(CC(=O)O)c1cc[nH]c1. The Bertz CT molecular complexity index is 262. The van der Waals surface area contributed by atoms with Gasteiger partial charge in [0.1, 0.15) is 0 Å². The molecule has 2 N–H and O–H groups in total. The van der Waals surface area contributed by atoms with E-state index >= 15 is 0 Å². The van der Waals surface area contributed by atoms with Crippen molar-refractivity contribution < 1.29 is 9.90 Å². The maximum Gasteiger partial charge on any atom is 0.307 e. The Morgan fingerprint density at radius 3 is 2.91 bits per heavy atom.